The van der Waals surface area contributed by atoms with Crippen molar-refractivity contribution in [3.8, 4) is 0 Å². The number of carbonyl (C=O) groups excluding carboxylic acids is 1. The van der Waals surface area contributed by atoms with Crippen LogP contribution in [0.5, 0.6) is 0 Å². The number of anilines is 3. The van der Waals surface area contributed by atoms with Crippen LogP contribution in [-0.4, -0.2) is 34.2 Å². The smallest absolute Gasteiger partial charge is 0.255 e. The molecule has 0 bridgehead atoms. The Hall–Kier alpha value is -2.54. The quantitative estimate of drug-likeness (QED) is 0.794. The molecule has 0 spiro atoms. The fourth-order valence-electron chi connectivity index (χ4n) is 2.24. The molecule has 0 fully saturated rings. The van der Waals surface area contributed by atoms with Crippen LogP contribution in [0.25, 0.3) is 0 Å². The highest BCUT2D eigenvalue weighted by molar-refractivity contribution is 7.92. The topological polar surface area (TPSA) is 78.5 Å². The van der Waals surface area contributed by atoms with E-state index >= 15 is 0 Å². The Bertz CT molecular complexity index is 814. The summed E-state index contributed by atoms with van der Waals surface area (Å²) in [6, 6.07) is 13.8. The number of nitrogens with one attached hydrogen (secondary N) is 2. The normalized spacial score (nSPS) is 11.0. The van der Waals surface area contributed by atoms with E-state index in [1.165, 1.54) is 0 Å². The van der Waals surface area contributed by atoms with Gasteiger partial charge in [0, 0.05) is 36.7 Å². The molecule has 2 aromatic carbocycles. The molecule has 0 aromatic heterocycles. The molecule has 6 nitrogen and oxygen atoms in total. The van der Waals surface area contributed by atoms with Crippen molar-refractivity contribution in [1.29, 1.82) is 0 Å². The van der Waals surface area contributed by atoms with Crippen molar-refractivity contribution in [3.63, 3.8) is 0 Å². The minimum Gasteiger partial charge on any atom is -0.378 e. The first-order valence-corrected chi connectivity index (χ1v) is 9.65. The summed E-state index contributed by atoms with van der Waals surface area (Å²) in [5.41, 5.74) is 2.64. The van der Waals surface area contributed by atoms with E-state index in [2.05, 4.69) is 10.0 Å². The van der Waals surface area contributed by atoms with Gasteiger partial charge in [0.15, 0.2) is 0 Å². The highest BCUT2D eigenvalue weighted by Gasteiger charge is 2.10. The van der Waals surface area contributed by atoms with Crippen LogP contribution in [0.4, 0.5) is 17.1 Å². The van der Waals surface area contributed by atoms with Crippen molar-refractivity contribution in [1.82, 2.24) is 0 Å². The van der Waals surface area contributed by atoms with Crippen molar-refractivity contribution in [2.45, 2.75) is 13.3 Å². The predicted molar refractivity (Wildman–Crippen MR) is 103 cm³/mol. The summed E-state index contributed by atoms with van der Waals surface area (Å²) in [6.45, 7) is 1.81. The van der Waals surface area contributed by atoms with Gasteiger partial charge in [0.25, 0.3) is 5.91 Å². The molecule has 0 aliphatic carbocycles. The third kappa shape index (κ3) is 5.49. The molecule has 25 heavy (non-hydrogen) atoms. The lowest BCUT2D eigenvalue weighted by atomic mass is 10.2. The molecule has 0 atom stereocenters. The van der Waals surface area contributed by atoms with Crippen molar-refractivity contribution in [2.24, 2.45) is 0 Å². The van der Waals surface area contributed by atoms with Gasteiger partial charge in [-0.05, 0) is 55.0 Å². The monoisotopic (exact) mass is 361 g/mol. The number of hydrogen-bond acceptors (Lipinski definition) is 4. The van der Waals surface area contributed by atoms with Gasteiger partial charge in [-0.2, -0.15) is 0 Å². The number of amides is 1. The second kappa shape index (κ2) is 8.02. The van der Waals surface area contributed by atoms with E-state index in [0.29, 0.717) is 23.4 Å². The zero-order valence-electron chi connectivity index (χ0n) is 14.6. The summed E-state index contributed by atoms with van der Waals surface area (Å²) in [5, 5.41) is 2.79. The SMILES string of the molecule is CCCS(=O)(=O)Nc1ccc(NC(=O)c2ccc(N(C)C)cc2)cc1. The fraction of sp³-hybridized carbons (Fsp3) is 0.278. The summed E-state index contributed by atoms with van der Waals surface area (Å²) in [4.78, 5) is 14.2. The molecular weight excluding hydrogens is 338 g/mol. The van der Waals surface area contributed by atoms with E-state index in [0.717, 1.165) is 5.69 Å². The first-order chi connectivity index (χ1) is 11.8. The Kier molecular flexibility index (Phi) is 6.03. The van der Waals surface area contributed by atoms with Crippen molar-refractivity contribution >= 4 is 33.0 Å². The molecule has 1 amide bonds. The van der Waals surface area contributed by atoms with Gasteiger partial charge in [-0.15, -0.1) is 0 Å². The summed E-state index contributed by atoms with van der Waals surface area (Å²) < 4.78 is 26.0. The molecule has 0 saturated carbocycles. The molecule has 0 saturated heterocycles. The standard InChI is InChI=1S/C18H23N3O3S/c1-4-13-25(23,24)20-16-9-7-15(8-10-16)19-18(22)14-5-11-17(12-6-14)21(2)3/h5-12,20H,4,13H2,1-3H3,(H,19,22). The zero-order valence-corrected chi connectivity index (χ0v) is 15.4. The summed E-state index contributed by atoms with van der Waals surface area (Å²) in [7, 11) is 0.556. The minimum atomic E-state index is -3.32. The van der Waals surface area contributed by atoms with Crippen LogP contribution in [-0.2, 0) is 10.0 Å². The van der Waals surface area contributed by atoms with Gasteiger partial charge in [-0.3, -0.25) is 9.52 Å². The molecule has 134 valence electrons. The lowest BCUT2D eigenvalue weighted by Crippen LogP contribution is -2.16. The Balaban J connectivity index is 2.02. The van der Waals surface area contributed by atoms with E-state index in [1.54, 1.807) is 36.4 Å². The van der Waals surface area contributed by atoms with E-state index in [9.17, 15) is 13.2 Å². The Morgan fingerprint density at radius 2 is 1.52 bits per heavy atom. The van der Waals surface area contributed by atoms with Crippen LogP contribution in [0.15, 0.2) is 48.5 Å². The van der Waals surface area contributed by atoms with Crippen LogP contribution < -0.4 is 14.9 Å². The summed E-state index contributed by atoms with van der Waals surface area (Å²) >= 11 is 0. The predicted octanol–water partition coefficient (Wildman–Crippen LogP) is 3.16. The number of rotatable bonds is 7. The van der Waals surface area contributed by atoms with E-state index < -0.39 is 10.0 Å². The number of benzene rings is 2. The lowest BCUT2D eigenvalue weighted by Gasteiger charge is -2.13. The van der Waals surface area contributed by atoms with E-state index in [1.807, 2.05) is 38.1 Å². The highest BCUT2D eigenvalue weighted by Crippen LogP contribution is 2.17. The number of nitrogens with zero attached hydrogens (tertiary/aromatic N) is 1. The highest BCUT2D eigenvalue weighted by atomic mass is 32.2. The van der Waals surface area contributed by atoms with Crippen molar-refractivity contribution in [3.05, 3.63) is 54.1 Å². The molecule has 7 heteroatoms. The van der Waals surface area contributed by atoms with Gasteiger partial charge in [-0.25, -0.2) is 8.42 Å². The molecular formula is C18H23N3O3S. The van der Waals surface area contributed by atoms with Gasteiger partial charge in [-0.1, -0.05) is 6.92 Å². The molecule has 2 N–H and O–H groups in total. The molecule has 2 rings (SSSR count). The lowest BCUT2D eigenvalue weighted by molar-refractivity contribution is 0.102. The molecule has 2 aromatic rings. The number of hydrogen-bond donors (Lipinski definition) is 2. The average Bonchev–Trinajstić information content (AvgIpc) is 2.56. The zero-order chi connectivity index (χ0) is 18.4. The second-order valence-corrected chi connectivity index (χ2v) is 7.74. The molecule has 0 heterocycles. The molecule has 0 unspecified atom stereocenters. The van der Waals surface area contributed by atoms with Crippen LogP contribution in [0, 0.1) is 0 Å². The maximum Gasteiger partial charge on any atom is 0.255 e. The third-order valence-corrected chi connectivity index (χ3v) is 5.03. The Morgan fingerprint density at radius 1 is 0.960 bits per heavy atom. The maximum absolute atomic E-state index is 12.3. The van der Waals surface area contributed by atoms with Gasteiger partial charge in [0.2, 0.25) is 10.0 Å². The largest absolute Gasteiger partial charge is 0.378 e. The van der Waals surface area contributed by atoms with Crippen LogP contribution in [0.2, 0.25) is 0 Å². The van der Waals surface area contributed by atoms with Gasteiger partial charge in [0.1, 0.15) is 0 Å². The van der Waals surface area contributed by atoms with Gasteiger partial charge in [0.05, 0.1) is 5.75 Å². The average molecular weight is 361 g/mol. The van der Waals surface area contributed by atoms with Gasteiger partial charge < -0.3 is 10.2 Å². The summed E-state index contributed by atoms with van der Waals surface area (Å²) in [5.74, 6) is -0.140. The molecule has 0 radical (unpaired) electrons. The summed E-state index contributed by atoms with van der Waals surface area (Å²) in [6.07, 6.45) is 0.552. The maximum atomic E-state index is 12.3. The molecule has 0 aliphatic heterocycles. The number of sulfonamides is 1. The third-order valence-electron chi connectivity index (χ3n) is 3.53. The Labute approximate surface area is 148 Å². The van der Waals surface area contributed by atoms with Gasteiger partial charge >= 0.3 is 0 Å². The first-order valence-electron chi connectivity index (χ1n) is 8.00. The first kappa shape index (κ1) is 18.8. The van der Waals surface area contributed by atoms with Crippen molar-refractivity contribution < 1.29 is 13.2 Å². The minimum absolute atomic E-state index is 0.0778. The molecule has 0 aliphatic rings. The van der Waals surface area contributed by atoms with E-state index in [-0.39, 0.29) is 11.7 Å². The Morgan fingerprint density at radius 3 is 2.04 bits per heavy atom. The van der Waals surface area contributed by atoms with Crippen LogP contribution in [0.3, 0.4) is 0 Å². The van der Waals surface area contributed by atoms with E-state index in [4.69, 9.17) is 0 Å². The van der Waals surface area contributed by atoms with Crippen LogP contribution in [0.1, 0.15) is 23.7 Å². The fourth-order valence-corrected chi connectivity index (χ4v) is 3.37. The number of carbonyl (C=O) groups is 1. The van der Waals surface area contributed by atoms with Crippen molar-refractivity contribution in [2.75, 3.05) is 34.8 Å². The van der Waals surface area contributed by atoms with Crippen LogP contribution >= 0.6 is 0 Å². The second-order valence-electron chi connectivity index (χ2n) is 5.89.